The van der Waals surface area contributed by atoms with E-state index in [1.165, 1.54) is 22.7 Å². The van der Waals surface area contributed by atoms with Crippen molar-refractivity contribution >= 4 is 22.9 Å². The van der Waals surface area contributed by atoms with Crippen molar-refractivity contribution in [2.75, 3.05) is 19.8 Å². The molecule has 0 saturated heterocycles. The van der Waals surface area contributed by atoms with E-state index >= 15 is 0 Å². The maximum atomic E-state index is 12.0. The van der Waals surface area contributed by atoms with Crippen molar-refractivity contribution in [3.8, 4) is 5.75 Å². The van der Waals surface area contributed by atoms with Gasteiger partial charge >= 0.3 is 0 Å². The number of aliphatic hydroxyl groups is 1. The van der Waals surface area contributed by atoms with Gasteiger partial charge in [0.25, 0.3) is 0 Å². The SMILES string of the molecule is Cc1cc2ccccc2n1CCNC(=O)/C=C/c1ccc(OCCO)cc1. The molecule has 0 aliphatic heterocycles. The van der Waals surface area contributed by atoms with Gasteiger partial charge in [-0.3, -0.25) is 4.79 Å². The summed E-state index contributed by atoms with van der Waals surface area (Å²) in [7, 11) is 0. The van der Waals surface area contributed by atoms with Gasteiger partial charge in [0, 0.05) is 30.4 Å². The zero-order valence-electron chi connectivity index (χ0n) is 15.4. The average molecular weight is 364 g/mol. The monoisotopic (exact) mass is 364 g/mol. The standard InChI is InChI=1S/C22H24N2O3/c1-17-16-19-4-2-3-5-21(19)24(17)13-12-23-22(26)11-8-18-6-9-20(10-7-18)27-15-14-25/h2-11,16,25H,12-15H2,1H3,(H,23,26)/b11-8+. The van der Waals surface area contributed by atoms with Crippen molar-refractivity contribution in [2.24, 2.45) is 0 Å². The minimum atomic E-state index is -0.121. The smallest absolute Gasteiger partial charge is 0.244 e. The van der Waals surface area contributed by atoms with Crippen LogP contribution in [0, 0.1) is 6.92 Å². The van der Waals surface area contributed by atoms with Crippen LogP contribution in [-0.2, 0) is 11.3 Å². The molecule has 0 spiro atoms. The third-order valence-electron chi connectivity index (χ3n) is 4.32. The molecule has 0 aliphatic rings. The number of carbonyl (C=O) groups is 1. The highest BCUT2D eigenvalue weighted by atomic mass is 16.5. The molecule has 5 nitrogen and oxygen atoms in total. The number of hydrogen-bond donors (Lipinski definition) is 2. The predicted molar refractivity (Wildman–Crippen MR) is 108 cm³/mol. The van der Waals surface area contributed by atoms with Crippen LogP contribution in [0.1, 0.15) is 11.3 Å². The Balaban J connectivity index is 1.50. The molecule has 0 atom stereocenters. The fourth-order valence-corrected chi connectivity index (χ4v) is 3.01. The van der Waals surface area contributed by atoms with Crippen LogP contribution in [-0.4, -0.2) is 35.3 Å². The first-order valence-corrected chi connectivity index (χ1v) is 9.02. The van der Waals surface area contributed by atoms with E-state index in [1.807, 2.05) is 36.4 Å². The molecule has 2 aromatic carbocycles. The highest BCUT2D eigenvalue weighted by Crippen LogP contribution is 2.18. The van der Waals surface area contributed by atoms with Crippen molar-refractivity contribution in [2.45, 2.75) is 13.5 Å². The largest absolute Gasteiger partial charge is 0.491 e. The summed E-state index contributed by atoms with van der Waals surface area (Å²) in [6, 6.07) is 17.8. The van der Waals surface area contributed by atoms with Crippen LogP contribution in [0.3, 0.4) is 0 Å². The Morgan fingerprint density at radius 2 is 1.96 bits per heavy atom. The second kappa shape index (κ2) is 9.05. The van der Waals surface area contributed by atoms with Gasteiger partial charge in [-0.15, -0.1) is 0 Å². The number of aryl methyl sites for hydroxylation is 1. The number of nitrogens with zero attached hydrogens (tertiary/aromatic N) is 1. The number of para-hydroxylation sites is 1. The number of amides is 1. The molecular formula is C22H24N2O3. The number of fused-ring (bicyclic) bond motifs is 1. The lowest BCUT2D eigenvalue weighted by atomic mass is 10.2. The molecule has 0 bridgehead atoms. The molecule has 5 heteroatoms. The van der Waals surface area contributed by atoms with E-state index in [-0.39, 0.29) is 19.1 Å². The Morgan fingerprint density at radius 1 is 1.19 bits per heavy atom. The van der Waals surface area contributed by atoms with E-state index in [1.54, 1.807) is 6.08 Å². The summed E-state index contributed by atoms with van der Waals surface area (Å²) in [6.45, 7) is 3.63. The van der Waals surface area contributed by atoms with E-state index in [4.69, 9.17) is 9.84 Å². The number of carbonyl (C=O) groups excluding carboxylic acids is 1. The molecular weight excluding hydrogens is 340 g/mol. The Kier molecular flexibility index (Phi) is 6.28. The van der Waals surface area contributed by atoms with Gasteiger partial charge in [-0.2, -0.15) is 0 Å². The van der Waals surface area contributed by atoms with E-state index in [0.717, 1.165) is 12.1 Å². The fourth-order valence-electron chi connectivity index (χ4n) is 3.01. The van der Waals surface area contributed by atoms with Crippen LogP contribution in [0.15, 0.2) is 60.7 Å². The molecule has 2 N–H and O–H groups in total. The van der Waals surface area contributed by atoms with Gasteiger partial charge in [0.1, 0.15) is 12.4 Å². The summed E-state index contributed by atoms with van der Waals surface area (Å²) in [5.74, 6) is 0.574. The zero-order valence-corrected chi connectivity index (χ0v) is 15.4. The lowest BCUT2D eigenvalue weighted by Gasteiger charge is -2.08. The van der Waals surface area contributed by atoms with Crippen LogP contribution in [0.25, 0.3) is 17.0 Å². The summed E-state index contributed by atoms with van der Waals surface area (Å²) in [5.41, 5.74) is 3.28. The van der Waals surface area contributed by atoms with Gasteiger partial charge in [-0.1, -0.05) is 30.3 Å². The minimum absolute atomic E-state index is 0.0137. The highest BCUT2D eigenvalue weighted by molar-refractivity contribution is 5.91. The van der Waals surface area contributed by atoms with Crippen LogP contribution in [0.4, 0.5) is 0 Å². The number of ether oxygens (including phenoxy) is 1. The number of aliphatic hydroxyl groups excluding tert-OH is 1. The van der Waals surface area contributed by atoms with E-state index in [9.17, 15) is 4.79 Å². The molecule has 1 amide bonds. The summed E-state index contributed by atoms with van der Waals surface area (Å²) in [5, 5.41) is 12.9. The Labute approximate surface area is 158 Å². The first-order chi connectivity index (χ1) is 13.2. The number of benzene rings is 2. The molecule has 0 unspecified atom stereocenters. The predicted octanol–water partition coefficient (Wildman–Crippen LogP) is 3.15. The van der Waals surface area contributed by atoms with Gasteiger partial charge < -0.3 is 19.7 Å². The fraction of sp³-hybridized carbons (Fsp3) is 0.227. The Hall–Kier alpha value is -3.05. The molecule has 1 aromatic heterocycles. The third-order valence-corrected chi connectivity index (χ3v) is 4.32. The van der Waals surface area contributed by atoms with Gasteiger partial charge in [-0.25, -0.2) is 0 Å². The maximum Gasteiger partial charge on any atom is 0.244 e. The van der Waals surface area contributed by atoms with Gasteiger partial charge in [0.15, 0.2) is 0 Å². The second-order valence-corrected chi connectivity index (χ2v) is 6.26. The summed E-state index contributed by atoms with van der Waals surface area (Å²) >= 11 is 0. The zero-order chi connectivity index (χ0) is 19.1. The number of aromatic nitrogens is 1. The molecule has 0 fully saturated rings. The van der Waals surface area contributed by atoms with Gasteiger partial charge in [0.05, 0.1) is 6.61 Å². The van der Waals surface area contributed by atoms with Crippen molar-refractivity contribution in [1.29, 1.82) is 0 Å². The number of hydrogen-bond acceptors (Lipinski definition) is 3. The first kappa shape index (κ1) is 18.7. The molecule has 27 heavy (non-hydrogen) atoms. The Morgan fingerprint density at radius 3 is 2.74 bits per heavy atom. The van der Waals surface area contributed by atoms with Crippen molar-refractivity contribution in [3.63, 3.8) is 0 Å². The number of rotatable bonds is 8. The molecule has 0 aliphatic carbocycles. The van der Waals surface area contributed by atoms with Crippen LogP contribution in [0.5, 0.6) is 5.75 Å². The van der Waals surface area contributed by atoms with E-state index in [0.29, 0.717) is 12.3 Å². The van der Waals surface area contributed by atoms with Crippen LogP contribution >= 0.6 is 0 Å². The maximum absolute atomic E-state index is 12.0. The molecule has 0 radical (unpaired) electrons. The minimum Gasteiger partial charge on any atom is -0.491 e. The quantitative estimate of drug-likeness (QED) is 0.604. The summed E-state index contributed by atoms with van der Waals surface area (Å²) < 4.78 is 7.52. The number of nitrogens with one attached hydrogen (secondary N) is 1. The molecule has 140 valence electrons. The lowest BCUT2D eigenvalue weighted by Crippen LogP contribution is -2.25. The highest BCUT2D eigenvalue weighted by Gasteiger charge is 2.04. The van der Waals surface area contributed by atoms with E-state index in [2.05, 4.69) is 35.0 Å². The van der Waals surface area contributed by atoms with Crippen LogP contribution < -0.4 is 10.1 Å². The summed E-state index contributed by atoms with van der Waals surface area (Å²) in [6.07, 6.45) is 3.30. The summed E-state index contributed by atoms with van der Waals surface area (Å²) in [4.78, 5) is 12.0. The van der Waals surface area contributed by atoms with Crippen molar-refractivity contribution < 1.29 is 14.6 Å². The lowest BCUT2D eigenvalue weighted by molar-refractivity contribution is -0.116. The molecule has 3 aromatic rings. The van der Waals surface area contributed by atoms with Crippen LogP contribution in [0.2, 0.25) is 0 Å². The third kappa shape index (κ3) is 4.99. The van der Waals surface area contributed by atoms with E-state index < -0.39 is 0 Å². The van der Waals surface area contributed by atoms with Crippen molar-refractivity contribution in [3.05, 3.63) is 71.9 Å². The first-order valence-electron chi connectivity index (χ1n) is 9.02. The second-order valence-electron chi connectivity index (χ2n) is 6.26. The normalized spacial score (nSPS) is 11.2. The molecule has 1 heterocycles. The van der Waals surface area contributed by atoms with Gasteiger partial charge in [0.2, 0.25) is 5.91 Å². The molecule has 3 rings (SSSR count). The average Bonchev–Trinajstić information content (AvgIpc) is 3.01. The Bertz CT molecular complexity index is 926. The topological polar surface area (TPSA) is 63.5 Å². The molecule has 0 saturated carbocycles. The van der Waals surface area contributed by atoms with Gasteiger partial charge in [-0.05, 0) is 48.2 Å². The van der Waals surface area contributed by atoms with Crippen molar-refractivity contribution in [1.82, 2.24) is 9.88 Å².